The predicted octanol–water partition coefficient (Wildman–Crippen LogP) is 4.00. The number of nitrogens with two attached hydrogens (primary N) is 1. The number of sulfonamides is 1. The molecule has 136 valence electrons. The molecule has 0 bridgehead atoms. The first-order valence-corrected chi connectivity index (χ1v) is 10.0. The van der Waals surface area contributed by atoms with Gasteiger partial charge in [0.1, 0.15) is 5.82 Å². The van der Waals surface area contributed by atoms with Crippen LogP contribution in [0, 0.1) is 19.7 Å². The number of rotatable bonds is 4. The van der Waals surface area contributed by atoms with E-state index in [-0.39, 0.29) is 15.2 Å². The van der Waals surface area contributed by atoms with E-state index in [0.29, 0.717) is 22.5 Å². The molecule has 6 nitrogen and oxygen atoms in total. The maximum atomic E-state index is 13.3. The van der Waals surface area contributed by atoms with Gasteiger partial charge in [0, 0.05) is 10.4 Å². The molecule has 3 rings (SSSR count). The van der Waals surface area contributed by atoms with Gasteiger partial charge in [-0.25, -0.2) is 14.4 Å². The van der Waals surface area contributed by atoms with Crippen molar-refractivity contribution in [2.24, 2.45) is 0 Å². The fourth-order valence-electron chi connectivity index (χ4n) is 2.38. The summed E-state index contributed by atoms with van der Waals surface area (Å²) < 4.78 is 40.9. The van der Waals surface area contributed by atoms with Crippen LogP contribution in [-0.4, -0.2) is 18.4 Å². The van der Waals surface area contributed by atoms with E-state index in [4.69, 9.17) is 17.3 Å². The van der Waals surface area contributed by atoms with Crippen LogP contribution in [0.2, 0.25) is 5.02 Å². The highest BCUT2D eigenvalue weighted by atomic mass is 35.5. The zero-order chi connectivity index (χ0) is 19.1. The lowest BCUT2D eigenvalue weighted by atomic mass is 10.1. The predicted molar refractivity (Wildman–Crippen MR) is 101 cm³/mol. The number of hydrogen-bond acceptors (Lipinski definition) is 6. The van der Waals surface area contributed by atoms with E-state index in [1.54, 1.807) is 13.8 Å². The van der Waals surface area contributed by atoms with Crippen molar-refractivity contribution in [1.29, 1.82) is 0 Å². The van der Waals surface area contributed by atoms with Crippen LogP contribution in [0.1, 0.15) is 10.4 Å². The van der Waals surface area contributed by atoms with E-state index < -0.39 is 15.8 Å². The van der Waals surface area contributed by atoms with Crippen LogP contribution in [0.3, 0.4) is 0 Å². The zero-order valence-corrected chi connectivity index (χ0v) is 16.1. The van der Waals surface area contributed by atoms with E-state index in [2.05, 4.69) is 14.7 Å². The van der Waals surface area contributed by atoms with Crippen molar-refractivity contribution in [3.63, 3.8) is 0 Å². The number of benzene rings is 1. The SMILES string of the molecule is Cc1cc(N)cnc1S(=O)(=O)Nc1nc(-c2ccc(F)c(Cl)c2)c(C)s1. The number of hydrogen-bond donors (Lipinski definition) is 2. The van der Waals surface area contributed by atoms with E-state index in [0.717, 1.165) is 16.2 Å². The van der Waals surface area contributed by atoms with Crippen LogP contribution < -0.4 is 10.5 Å². The van der Waals surface area contributed by atoms with Crippen LogP contribution >= 0.6 is 22.9 Å². The van der Waals surface area contributed by atoms with Crippen molar-refractivity contribution >= 4 is 43.8 Å². The van der Waals surface area contributed by atoms with Crippen molar-refractivity contribution in [2.45, 2.75) is 18.9 Å². The van der Waals surface area contributed by atoms with Crippen LogP contribution in [0.25, 0.3) is 11.3 Å². The van der Waals surface area contributed by atoms with E-state index >= 15 is 0 Å². The smallest absolute Gasteiger partial charge is 0.281 e. The molecule has 0 fully saturated rings. The molecule has 2 heterocycles. The lowest BCUT2D eigenvalue weighted by Gasteiger charge is -2.07. The fraction of sp³-hybridized carbons (Fsp3) is 0.125. The van der Waals surface area contributed by atoms with Crippen molar-refractivity contribution in [3.8, 4) is 11.3 Å². The summed E-state index contributed by atoms with van der Waals surface area (Å²) in [4.78, 5) is 8.96. The Morgan fingerprint density at radius 3 is 2.65 bits per heavy atom. The molecule has 0 saturated heterocycles. The Balaban J connectivity index is 1.95. The van der Waals surface area contributed by atoms with Crippen LogP contribution in [0.5, 0.6) is 0 Å². The summed E-state index contributed by atoms with van der Waals surface area (Å²) in [6.07, 6.45) is 1.28. The molecule has 0 atom stereocenters. The summed E-state index contributed by atoms with van der Waals surface area (Å²) in [5.74, 6) is -0.533. The number of aromatic nitrogens is 2. The molecule has 10 heteroatoms. The molecule has 0 amide bonds. The largest absolute Gasteiger partial charge is 0.397 e. The maximum Gasteiger partial charge on any atom is 0.281 e. The topological polar surface area (TPSA) is 98.0 Å². The monoisotopic (exact) mass is 412 g/mol. The molecule has 1 aromatic carbocycles. The Bertz CT molecular complexity index is 1100. The van der Waals surface area contributed by atoms with Gasteiger partial charge in [-0.3, -0.25) is 4.72 Å². The lowest BCUT2D eigenvalue weighted by Crippen LogP contribution is -2.16. The number of pyridine rings is 1. The van der Waals surface area contributed by atoms with Gasteiger partial charge in [-0.05, 0) is 43.7 Å². The third-order valence-electron chi connectivity index (χ3n) is 3.52. The van der Waals surface area contributed by atoms with E-state index in [1.165, 1.54) is 30.5 Å². The Morgan fingerprint density at radius 1 is 1.27 bits per heavy atom. The molecule has 3 N–H and O–H groups in total. The first-order chi connectivity index (χ1) is 12.2. The van der Waals surface area contributed by atoms with E-state index in [9.17, 15) is 12.8 Å². The lowest BCUT2D eigenvalue weighted by molar-refractivity contribution is 0.597. The Morgan fingerprint density at radius 2 is 2.00 bits per heavy atom. The van der Waals surface area contributed by atoms with Crippen LogP contribution in [0.4, 0.5) is 15.2 Å². The highest BCUT2D eigenvalue weighted by Gasteiger charge is 2.21. The van der Waals surface area contributed by atoms with Gasteiger partial charge >= 0.3 is 0 Å². The summed E-state index contributed by atoms with van der Waals surface area (Å²) in [5, 5.41) is 0.0284. The second-order valence-corrected chi connectivity index (χ2v) is 8.76. The maximum absolute atomic E-state index is 13.3. The molecule has 0 spiro atoms. The first-order valence-electron chi connectivity index (χ1n) is 7.35. The minimum atomic E-state index is -3.92. The van der Waals surface area contributed by atoms with Crippen molar-refractivity contribution in [1.82, 2.24) is 9.97 Å². The minimum absolute atomic E-state index is 0.0290. The molecule has 26 heavy (non-hydrogen) atoms. The van der Waals surface area contributed by atoms with Crippen LogP contribution in [0.15, 0.2) is 35.5 Å². The van der Waals surface area contributed by atoms with Crippen molar-refractivity contribution in [3.05, 3.63) is 51.7 Å². The minimum Gasteiger partial charge on any atom is -0.397 e. The van der Waals surface area contributed by atoms with E-state index in [1.807, 2.05) is 0 Å². The quantitative estimate of drug-likeness (QED) is 0.674. The molecular weight excluding hydrogens is 399 g/mol. The number of anilines is 2. The fourth-order valence-corrected chi connectivity index (χ4v) is 4.79. The second-order valence-electron chi connectivity index (χ2n) is 5.55. The highest BCUT2D eigenvalue weighted by molar-refractivity contribution is 7.92. The van der Waals surface area contributed by atoms with Gasteiger partial charge in [0.15, 0.2) is 10.2 Å². The van der Waals surface area contributed by atoms with Crippen LogP contribution in [-0.2, 0) is 10.0 Å². The molecular formula is C16H14ClFN4O2S2. The number of aryl methyl sites for hydroxylation is 2. The number of nitrogens with one attached hydrogen (secondary N) is 1. The summed E-state index contributed by atoms with van der Waals surface area (Å²) in [6.45, 7) is 3.39. The van der Waals surface area contributed by atoms with Gasteiger partial charge in [0.2, 0.25) is 0 Å². The number of thiazole rings is 1. The molecule has 0 unspecified atom stereocenters. The average molecular weight is 413 g/mol. The summed E-state index contributed by atoms with van der Waals surface area (Å²) in [5.41, 5.74) is 7.53. The van der Waals surface area contributed by atoms with Gasteiger partial charge in [0.05, 0.1) is 22.6 Å². The molecule has 0 saturated carbocycles. The number of halogens is 2. The molecule has 3 aromatic rings. The molecule has 0 aliphatic heterocycles. The molecule has 0 aliphatic rings. The summed E-state index contributed by atoms with van der Waals surface area (Å²) in [6, 6.07) is 5.75. The number of nitrogen functional groups attached to an aromatic ring is 1. The number of nitrogens with zero attached hydrogens (tertiary/aromatic N) is 2. The standard InChI is InChI=1S/C16H14ClFN4O2S2/c1-8-5-11(19)7-20-15(8)26(23,24)22-16-21-14(9(2)25-16)10-3-4-13(18)12(17)6-10/h3-7H,19H2,1-2H3,(H,21,22). The Labute approximate surface area is 158 Å². The molecule has 2 aromatic heterocycles. The molecule has 0 aliphatic carbocycles. The van der Waals surface area contributed by atoms with Gasteiger partial charge in [-0.1, -0.05) is 11.6 Å². The third-order valence-corrected chi connectivity index (χ3v) is 6.22. The second kappa shape index (κ2) is 6.82. The summed E-state index contributed by atoms with van der Waals surface area (Å²) >= 11 is 6.97. The van der Waals surface area contributed by atoms with Gasteiger partial charge in [0.25, 0.3) is 10.0 Å². The first kappa shape index (κ1) is 18.6. The summed E-state index contributed by atoms with van der Waals surface area (Å²) in [7, 11) is -3.92. The van der Waals surface area contributed by atoms with Crippen molar-refractivity contribution in [2.75, 3.05) is 10.5 Å². The Kier molecular flexibility index (Phi) is 4.87. The van der Waals surface area contributed by atoms with Crippen molar-refractivity contribution < 1.29 is 12.8 Å². The Hall–Kier alpha value is -2.23. The normalized spacial score (nSPS) is 11.5. The highest BCUT2D eigenvalue weighted by Crippen LogP contribution is 2.33. The average Bonchev–Trinajstić information content (AvgIpc) is 2.89. The molecule has 0 radical (unpaired) electrons. The van der Waals surface area contributed by atoms with Gasteiger partial charge in [-0.2, -0.15) is 8.42 Å². The van der Waals surface area contributed by atoms with Gasteiger partial charge in [-0.15, -0.1) is 11.3 Å². The van der Waals surface area contributed by atoms with Gasteiger partial charge < -0.3 is 5.73 Å². The zero-order valence-electron chi connectivity index (χ0n) is 13.7. The third kappa shape index (κ3) is 3.64.